The highest BCUT2D eigenvalue weighted by Crippen LogP contribution is 2.25. The first-order valence-electron chi connectivity index (χ1n) is 5.61. The molecule has 21 heavy (non-hydrogen) atoms. The number of nitrogen functional groups attached to an aromatic ring is 1. The van der Waals surface area contributed by atoms with E-state index in [1.807, 2.05) is 6.07 Å². The van der Waals surface area contributed by atoms with Crippen LogP contribution in [0.1, 0.15) is 5.56 Å². The van der Waals surface area contributed by atoms with E-state index in [1.165, 1.54) is 30.3 Å². The van der Waals surface area contributed by atoms with Crippen molar-refractivity contribution in [1.29, 1.82) is 5.26 Å². The Morgan fingerprint density at radius 3 is 2.67 bits per heavy atom. The van der Waals surface area contributed by atoms with Crippen LogP contribution < -0.4 is 10.5 Å². The number of sulfonamides is 1. The molecule has 0 aliphatic rings. The Morgan fingerprint density at radius 1 is 1.29 bits per heavy atom. The summed E-state index contributed by atoms with van der Waals surface area (Å²) in [6, 6.07) is 9.35. The second-order valence-electron chi connectivity index (χ2n) is 4.06. The Balaban J connectivity index is 2.43. The summed E-state index contributed by atoms with van der Waals surface area (Å²) in [7, 11) is -4.07. The number of nitrogens with two attached hydrogens (primary N) is 1. The monoisotopic (exact) mass is 325 g/mol. The predicted octanol–water partition coefficient (Wildman–Crippen LogP) is 2.73. The molecule has 3 N–H and O–H groups in total. The molecule has 0 fully saturated rings. The van der Waals surface area contributed by atoms with Crippen molar-refractivity contribution in [2.75, 3.05) is 10.5 Å². The second-order valence-corrected chi connectivity index (χ2v) is 6.12. The molecular formula is C13H9ClFN3O2S. The minimum atomic E-state index is -4.07. The smallest absolute Gasteiger partial charge is 0.264 e. The molecule has 0 aliphatic carbocycles. The van der Waals surface area contributed by atoms with Crippen LogP contribution in [0.25, 0.3) is 0 Å². The summed E-state index contributed by atoms with van der Waals surface area (Å²) in [5, 5.41) is 9.06. The van der Waals surface area contributed by atoms with Gasteiger partial charge in [0.15, 0.2) is 0 Å². The molecule has 0 aliphatic heterocycles. The quantitative estimate of drug-likeness (QED) is 0.848. The molecule has 0 saturated carbocycles. The molecule has 108 valence electrons. The highest BCUT2D eigenvalue weighted by molar-refractivity contribution is 7.92. The maximum absolute atomic E-state index is 13.3. The van der Waals surface area contributed by atoms with Crippen LogP contribution in [0.3, 0.4) is 0 Å². The van der Waals surface area contributed by atoms with Crippen LogP contribution in [0.15, 0.2) is 41.3 Å². The number of para-hydroxylation sites is 1. The predicted molar refractivity (Wildman–Crippen MR) is 77.8 cm³/mol. The maximum atomic E-state index is 13.3. The largest absolute Gasteiger partial charge is 0.395 e. The number of rotatable bonds is 3. The third-order valence-electron chi connectivity index (χ3n) is 2.64. The standard InChI is InChI=1S/C13H9ClFN3O2S/c14-10-5-4-9(6-8(10)7-16)18-21(19,20)12-3-1-2-11(15)13(12)17/h1-6,18H,17H2. The fourth-order valence-electron chi connectivity index (χ4n) is 1.64. The Labute approximate surface area is 125 Å². The van der Waals surface area contributed by atoms with Crippen LogP contribution in [-0.2, 0) is 10.0 Å². The Bertz CT molecular complexity index is 847. The Hall–Kier alpha value is -2.30. The van der Waals surface area contributed by atoms with E-state index in [4.69, 9.17) is 22.6 Å². The van der Waals surface area contributed by atoms with Crippen molar-refractivity contribution in [2.45, 2.75) is 4.90 Å². The lowest BCUT2D eigenvalue weighted by molar-refractivity contribution is 0.597. The number of anilines is 2. The summed E-state index contributed by atoms with van der Waals surface area (Å²) in [6.07, 6.45) is 0. The first-order chi connectivity index (χ1) is 9.85. The lowest BCUT2D eigenvalue weighted by atomic mass is 10.2. The number of benzene rings is 2. The lowest BCUT2D eigenvalue weighted by Gasteiger charge is -2.11. The molecule has 8 heteroatoms. The van der Waals surface area contributed by atoms with E-state index in [2.05, 4.69) is 4.72 Å². The van der Waals surface area contributed by atoms with Gasteiger partial charge in [-0.2, -0.15) is 5.26 Å². The van der Waals surface area contributed by atoms with Crippen molar-refractivity contribution in [3.8, 4) is 6.07 Å². The maximum Gasteiger partial charge on any atom is 0.264 e. The van der Waals surface area contributed by atoms with Crippen molar-refractivity contribution in [3.63, 3.8) is 0 Å². The Morgan fingerprint density at radius 2 is 2.00 bits per heavy atom. The van der Waals surface area contributed by atoms with Crippen LogP contribution in [0.2, 0.25) is 5.02 Å². The van der Waals surface area contributed by atoms with Crippen molar-refractivity contribution >= 4 is 33.0 Å². The highest BCUT2D eigenvalue weighted by atomic mass is 35.5. The van der Waals surface area contributed by atoms with Crippen molar-refractivity contribution in [1.82, 2.24) is 0 Å². The first-order valence-corrected chi connectivity index (χ1v) is 7.48. The second kappa shape index (κ2) is 5.60. The molecule has 0 radical (unpaired) electrons. The van der Waals surface area contributed by atoms with Crippen LogP contribution in [-0.4, -0.2) is 8.42 Å². The van der Waals surface area contributed by atoms with Gasteiger partial charge < -0.3 is 5.73 Å². The summed E-state index contributed by atoms with van der Waals surface area (Å²) in [5.41, 5.74) is 5.20. The van der Waals surface area contributed by atoms with E-state index in [1.54, 1.807) is 0 Å². The number of nitrogens with zero attached hydrogens (tertiary/aromatic N) is 1. The van der Waals surface area contributed by atoms with Gasteiger partial charge in [0.25, 0.3) is 10.0 Å². The van der Waals surface area contributed by atoms with Gasteiger partial charge in [-0.15, -0.1) is 0 Å². The zero-order chi connectivity index (χ0) is 15.6. The number of halogens is 2. The van der Waals surface area contributed by atoms with E-state index in [9.17, 15) is 12.8 Å². The number of nitriles is 1. The summed E-state index contributed by atoms with van der Waals surface area (Å²) in [4.78, 5) is -0.379. The first kappa shape index (κ1) is 15.1. The lowest BCUT2D eigenvalue weighted by Crippen LogP contribution is -2.15. The molecule has 0 amide bonds. The summed E-state index contributed by atoms with van der Waals surface area (Å²) in [6.45, 7) is 0. The van der Waals surface area contributed by atoms with Gasteiger partial charge in [-0.25, -0.2) is 12.8 Å². The van der Waals surface area contributed by atoms with Crippen molar-refractivity contribution in [3.05, 3.63) is 52.8 Å². The SMILES string of the molecule is N#Cc1cc(NS(=O)(=O)c2cccc(F)c2N)ccc1Cl. The molecule has 0 aromatic heterocycles. The summed E-state index contributed by atoms with van der Waals surface area (Å²) < 4.78 is 39.9. The van der Waals surface area contributed by atoms with Crippen LogP contribution in [0.5, 0.6) is 0 Å². The average Bonchev–Trinajstić information content (AvgIpc) is 2.43. The third kappa shape index (κ3) is 3.07. The van der Waals surface area contributed by atoms with E-state index >= 15 is 0 Å². The number of hydrogen-bond acceptors (Lipinski definition) is 4. The van der Waals surface area contributed by atoms with Gasteiger partial charge in [0.05, 0.1) is 22.0 Å². The summed E-state index contributed by atoms with van der Waals surface area (Å²) >= 11 is 5.76. The van der Waals surface area contributed by atoms with E-state index in [-0.39, 0.29) is 21.2 Å². The number of nitrogens with one attached hydrogen (secondary N) is 1. The molecule has 5 nitrogen and oxygen atoms in total. The van der Waals surface area contributed by atoms with Crippen molar-refractivity contribution < 1.29 is 12.8 Å². The number of hydrogen-bond donors (Lipinski definition) is 2. The van der Waals surface area contributed by atoms with Gasteiger partial charge >= 0.3 is 0 Å². The van der Waals surface area contributed by atoms with Crippen LogP contribution in [0, 0.1) is 17.1 Å². The zero-order valence-corrected chi connectivity index (χ0v) is 12.0. The molecule has 0 atom stereocenters. The summed E-state index contributed by atoms with van der Waals surface area (Å²) in [5.74, 6) is -0.827. The molecule has 0 heterocycles. The highest BCUT2D eigenvalue weighted by Gasteiger charge is 2.20. The molecule has 0 spiro atoms. The normalized spacial score (nSPS) is 10.9. The molecule has 2 rings (SSSR count). The van der Waals surface area contributed by atoms with E-state index < -0.39 is 21.5 Å². The molecular weight excluding hydrogens is 317 g/mol. The van der Waals surface area contributed by atoms with Gasteiger partial charge in [-0.3, -0.25) is 4.72 Å². The average molecular weight is 326 g/mol. The third-order valence-corrected chi connectivity index (χ3v) is 4.41. The Kier molecular flexibility index (Phi) is 4.02. The van der Waals surface area contributed by atoms with Gasteiger partial charge in [0.1, 0.15) is 16.8 Å². The molecule has 2 aromatic carbocycles. The zero-order valence-electron chi connectivity index (χ0n) is 10.5. The van der Waals surface area contributed by atoms with Gasteiger partial charge in [-0.1, -0.05) is 17.7 Å². The molecule has 0 bridgehead atoms. The van der Waals surface area contributed by atoms with Crippen LogP contribution in [0.4, 0.5) is 15.8 Å². The van der Waals surface area contributed by atoms with E-state index in [0.29, 0.717) is 0 Å². The fourth-order valence-corrected chi connectivity index (χ4v) is 2.99. The topological polar surface area (TPSA) is 96.0 Å². The van der Waals surface area contributed by atoms with Crippen molar-refractivity contribution in [2.24, 2.45) is 0 Å². The minimum absolute atomic E-state index is 0.115. The minimum Gasteiger partial charge on any atom is -0.395 e. The molecule has 0 saturated heterocycles. The molecule has 0 unspecified atom stereocenters. The van der Waals surface area contributed by atoms with Gasteiger partial charge in [-0.05, 0) is 30.3 Å². The van der Waals surface area contributed by atoms with Gasteiger partial charge in [0.2, 0.25) is 0 Å². The van der Waals surface area contributed by atoms with Crippen LogP contribution >= 0.6 is 11.6 Å². The molecule has 2 aromatic rings. The van der Waals surface area contributed by atoms with E-state index in [0.717, 1.165) is 6.07 Å². The van der Waals surface area contributed by atoms with Gasteiger partial charge in [0, 0.05) is 0 Å². The fraction of sp³-hybridized carbons (Fsp3) is 0.